The summed E-state index contributed by atoms with van der Waals surface area (Å²) in [6, 6.07) is 6.43. The van der Waals surface area contributed by atoms with E-state index in [1.165, 1.54) is 13.2 Å². The molecule has 5 aliphatic rings. The standard InChI is InChI=1S/C39H46F2N6O5/c1-38(2,3)52-37(48)47-25-9-10-26(47)20-45(19-25)35-29-17-30(40)32(28-16-27(51-22-49-4)15-24(18-42)31(28)23-7-8-23)33(41)34(29)43-36(44-35)50-21-39-11-5-13-46(39)14-6-12-39/h15-17,23,25-26H,5-14,19-22H2,1-4H3. The van der Waals surface area contributed by atoms with Crippen LogP contribution in [0.25, 0.3) is 22.0 Å². The number of anilines is 1. The summed E-state index contributed by atoms with van der Waals surface area (Å²) in [6.45, 7) is 8.72. The molecule has 1 aliphatic carbocycles. The molecule has 3 aromatic rings. The quantitative estimate of drug-likeness (QED) is 0.217. The minimum atomic E-state index is -0.852. The smallest absolute Gasteiger partial charge is 0.410 e. The zero-order valence-corrected chi connectivity index (χ0v) is 30.3. The van der Waals surface area contributed by atoms with Gasteiger partial charge in [0.2, 0.25) is 0 Å². The molecule has 4 aliphatic heterocycles. The van der Waals surface area contributed by atoms with Gasteiger partial charge in [0.1, 0.15) is 35.1 Å². The van der Waals surface area contributed by atoms with Crippen molar-refractivity contribution in [2.24, 2.45) is 0 Å². The van der Waals surface area contributed by atoms with Crippen LogP contribution in [0, 0.1) is 23.0 Å². The van der Waals surface area contributed by atoms with Crippen LogP contribution in [-0.2, 0) is 9.47 Å². The molecular weight excluding hydrogens is 670 g/mol. The molecule has 276 valence electrons. The van der Waals surface area contributed by atoms with Crippen LogP contribution in [0.4, 0.5) is 19.4 Å². The molecule has 1 saturated carbocycles. The number of nitriles is 1. The summed E-state index contributed by atoms with van der Waals surface area (Å²) in [5.41, 5.74) is 0.122. The molecule has 2 atom stereocenters. The molecule has 2 unspecified atom stereocenters. The Kier molecular flexibility index (Phi) is 8.89. The van der Waals surface area contributed by atoms with Crippen LogP contribution in [0.1, 0.15) is 89.2 Å². The molecule has 2 aromatic carbocycles. The van der Waals surface area contributed by atoms with Gasteiger partial charge >= 0.3 is 12.1 Å². The van der Waals surface area contributed by atoms with Gasteiger partial charge in [-0.25, -0.2) is 13.6 Å². The molecule has 2 bridgehead atoms. The molecule has 11 nitrogen and oxygen atoms in total. The van der Waals surface area contributed by atoms with Crippen molar-refractivity contribution in [3.63, 3.8) is 0 Å². The van der Waals surface area contributed by atoms with E-state index < -0.39 is 17.2 Å². The van der Waals surface area contributed by atoms with Gasteiger partial charge in [0.15, 0.2) is 12.6 Å². The van der Waals surface area contributed by atoms with E-state index in [-0.39, 0.29) is 70.2 Å². The number of methoxy groups -OCH3 is 1. The summed E-state index contributed by atoms with van der Waals surface area (Å²) in [4.78, 5) is 29.1. The van der Waals surface area contributed by atoms with Gasteiger partial charge in [0.05, 0.1) is 34.8 Å². The number of halogens is 2. The Hall–Kier alpha value is -4.28. The molecule has 52 heavy (non-hydrogen) atoms. The van der Waals surface area contributed by atoms with E-state index in [1.54, 1.807) is 12.1 Å². The van der Waals surface area contributed by atoms with Crippen molar-refractivity contribution in [1.29, 1.82) is 5.26 Å². The Morgan fingerprint density at radius 2 is 1.73 bits per heavy atom. The maximum Gasteiger partial charge on any atom is 0.410 e. The summed E-state index contributed by atoms with van der Waals surface area (Å²) in [5, 5.41) is 10.3. The van der Waals surface area contributed by atoms with Crippen LogP contribution in [0.2, 0.25) is 0 Å². The molecule has 5 heterocycles. The number of carbonyl (C=O) groups excluding carboxylic acids is 1. The fraction of sp³-hybridized carbons (Fsp3) is 0.590. The van der Waals surface area contributed by atoms with Crippen molar-refractivity contribution in [2.75, 3.05) is 51.6 Å². The van der Waals surface area contributed by atoms with Crippen LogP contribution < -0.4 is 14.4 Å². The zero-order chi connectivity index (χ0) is 36.4. The molecular formula is C39H46F2N6O5. The van der Waals surface area contributed by atoms with Gasteiger partial charge in [-0.1, -0.05) is 0 Å². The first-order valence-electron chi connectivity index (χ1n) is 18.5. The van der Waals surface area contributed by atoms with Crippen molar-refractivity contribution >= 4 is 22.8 Å². The lowest BCUT2D eigenvalue weighted by Crippen LogP contribution is -2.57. The number of amides is 1. The Bertz CT molecular complexity index is 1920. The summed E-state index contributed by atoms with van der Waals surface area (Å²) in [6.07, 6.45) is 7.06. The Morgan fingerprint density at radius 1 is 1.02 bits per heavy atom. The number of benzene rings is 2. The third-order valence-electron chi connectivity index (χ3n) is 11.4. The van der Waals surface area contributed by atoms with E-state index in [9.17, 15) is 10.1 Å². The van der Waals surface area contributed by atoms with Crippen LogP contribution >= 0.6 is 0 Å². The molecule has 1 aromatic heterocycles. The lowest BCUT2D eigenvalue weighted by atomic mass is 9.91. The number of piperazine rings is 1. The first kappa shape index (κ1) is 34.8. The SMILES string of the molecule is COCOc1cc(C#N)c(C2CC2)c(-c2c(F)cc3c(N4CC5CCC(C4)N5C(=O)OC(C)(C)C)nc(OCC45CCCN4CCC5)nc3c2F)c1. The number of hydrogen-bond acceptors (Lipinski definition) is 10. The largest absolute Gasteiger partial charge is 0.468 e. The molecule has 0 spiro atoms. The molecule has 5 fully saturated rings. The minimum Gasteiger partial charge on any atom is -0.468 e. The maximum atomic E-state index is 17.2. The number of aromatic nitrogens is 2. The summed E-state index contributed by atoms with van der Waals surface area (Å²) in [7, 11) is 1.48. The molecule has 4 saturated heterocycles. The van der Waals surface area contributed by atoms with E-state index in [4.69, 9.17) is 23.9 Å². The van der Waals surface area contributed by atoms with Gasteiger partial charge in [-0.05, 0) is 120 Å². The summed E-state index contributed by atoms with van der Waals surface area (Å²) in [5.74, 6) is -0.990. The van der Waals surface area contributed by atoms with Gasteiger partial charge in [0.25, 0.3) is 0 Å². The van der Waals surface area contributed by atoms with Gasteiger partial charge in [-0.3, -0.25) is 9.80 Å². The highest BCUT2D eigenvalue weighted by Gasteiger charge is 2.47. The van der Waals surface area contributed by atoms with Crippen molar-refractivity contribution in [2.45, 2.75) is 101 Å². The van der Waals surface area contributed by atoms with Gasteiger partial charge in [-0.2, -0.15) is 15.2 Å². The van der Waals surface area contributed by atoms with Crippen LogP contribution in [-0.4, -0.2) is 95.8 Å². The van der Waals surface area contributed by atoms with Gasteiger partial charge < -0.3 is 23.8 Å². The van der Waals surface area contributed by atoms with Crippen LogP contribution in [0.5, 0.6) is 11.8 Å². The number of ether oxygens (including phenoxy) is 4. The van der Waals surface area contributed by atoms with Crippen molar-refractivity contribution in [3.05, 3.63) is 41.0 Å². The summed E-state index contributed by atoms with van der Waals surface area (Å²) >= 11 is 0. The number of nitrogens with zero attached hydrogens (tertiary/aromatic N) is 6. The summed E-state index contributed by atoms with van der Waals surface area (Å²) < 4.78 is 56.8. The van der Waals surface area contributed by atoms with Crippen molar-refractivity contribution < 1.29 is 32.5 Å². The van der Waals surface area contributed by atoms with E-state index in [0.29, 0.717) is 36.6 Å². The van der Waals surface area contributed by atoms with E-state index in [2.05, 4.69) is 16.0 Å². The lowest BCUT2D eigenvalue weighted by Gasteiger charge is -2.42. The second-order valence-corrected chi connectivity index (χ2v) is 16.0. The van der Waals surface area contributed by atoms with E-state index >= 15 is 8.78 Å². The Labute approximate surface area is 302 Å². The van der Waals surface area contributed by atoms with Crippen molar-refractivity contribution in [3.8, 4) is 29.0 Å². The van der Waals surface area contributed by atoms with Crippen molar-refractivity contribution in [1.82, 2.24) is 19.8 Å². The second kappa shape index (κ2) is 13.3. The number of carbonyl (C=O) groups is 1. The minimum absolute atomic E-state index is 0.00671. The molecule has 0 radical (unpaired) electrons. The topological polar surface area (TPSA) is 113 Å². The van der Waals surface area contributed by atoms with E-state index in [1.807, 2.05) is 30.6 Å². The Balaban J connectivity index is 1.23. The fourth-order valence-electron chi connectivity index (χ4n) is 9.01. The molecule has 1 amide bonds. The number of rotatable bonds is 9. The predicted octanol–water partition coefficient (Wildman–Crippen LogP) is 6.90. The van der Waals surface area contributed by atoms with Crippen LogP contribution in [0.3, 0.4) is 0 Å². The van der Waals surface area contributed by atoms with Crippen LogP contribution in [0.15, 0.2) is 18.2 Å². The fourth-order valence-corrected chi connectivity index (χ4v) is 9.01. The molecule has 13 heteroatoms. The maximum absolute atomic E-state index is 17.2. The zero-order valence-electron chi connectivity index (χ0n) is 30.3. The van der Waals surface area contributed by atoms with E-state index in [0.717, 1.165) is 64.5 Å². The predicted molar refractivity (Wildman–Crippen MR) is 189 cm³/mol. The average Bonchev–Trinajstić information content (AvgIpc) is 3.65. The average molecular weight is 717 g/mol. The first-order chi connectivity index (χ1) is 25.0. The highest BCUT2D eigenvalue weighted by Crippen LogP contribution is 2.49. The highest BCUT2D eigenvalue weighted by molar-refractivity contribution is 5.94. The first-order valence-corrected chi connectivity index (χ1v) is 18.5. The third-order valence-corrected chi connectivity index (χ3v) is 11.4. The third kappa shape index (κ3) is 6.27. The monoisotopic (exact) mass is 716 g/mol. The number of hydrogen-bond donors (Lipinski definition) is 0. The molecule has 8 rings (SSSR count). The highest BCUT2D eigenvalue weighted by atomic mass is 19.1. The second-order valence-electron chi connectivity index (χ2n) is 16.0. The number of fused-ring (bicyclic) bond motifs is 4. The molecule has 0 N–H and O–H groups in total. The Morgan fingerprint density at radius 3 is 2.37 bits per heavy atom. The normalized spacial score (nSPS) is 22.5. The lowest BCUT2D eigenvalue weighted by molar-refractivity contribution is 0.0122. The van der Waals surface area contributed by atoms with Gasteiger partial charge in [-0.15, -0.1) is 0 Å². The van der Waals surface area contributed by atoms with Gasteiger partial charge in [0, 0.05) is 25.6 Å².